The van der Waals surface area contributed by atoms with Crippen molar-refractivity contribution in [2.75, 3.05) is 10.7 Å². The van der Waals surface area contributed by atoms with Crippen LogP contribution >= 0.6 is 43.5 Å². The van der Waals surface area contributed by atoms with Gasteiger partial charge in [0.1, 0.15) is 5.82 Å². The summed E-state index contributed by atoms with van der Waals surface area (Å²) in [5, 5.41) is 2.35. The van der Waals surface area contributed by atoms with E-state index in [9.17, 15) is 4.39 Å². The Morgan fingerprint density at radius 2 is 1.88 bits per heavy atom. The number of hydrogen-bond acceptors (Lipinski definition) is 0. The summed E-state index contributed by atoms with van der Waals surface area (Å²) in [5.74, 6) is 0.242. The normalized spacial score (nSPS) is 12.2. The van der Waals surface area contributed by atoms with Gasteiger partial charge in [-0.15, -0.1) is 0 Å². The van der Waals surface area contributed by atoms with Gasteiger partial charge in [0.05, 0.1) is 0 Å². The summed E-state index contributed by atoms with van der Waals surface area (Å²) in [5.41, 5.74) is 0.927. The van der Waals surface area contributed by atoms with Crippen molar-refractivity contribution < 1.29 is 4.39 Å². The van der Waals surface area contributed by atoms with Crippen LogP contribution in [0.3, 0.4) is 0 Å². The minimum Gasteiger partial charge on any atom is -0.207 e. The average molecular weight is 387 g/mol. The van der Waals surface area contributed by atoms with Crippen molar-refractivity contribution in [3.63, 3.8) is 0 Å². The summed E-state index contributed by atoms with van der Waals surface area (Å²) >= 11 is 13.3. The van der Waals surface area contributed by atoms with Gasteiger partial charge >= 0.3 is 0 Å². The van der Waals surface area contributed by atoms with Crippen LogP contribution in [0.25, 0.3) is 0 Å². The highest BCUT2D eigenvalue weighted by Crippen LogP contribution is 2.37. The Hall–Kier alpha value is 0.400. The van der Waals surface area contributed by atoms with E-state index in [0.717, 1.165) is 22.6 Å². The molecule has 0 radical (unpaired) electrons. The zero-order chi connectivity index (χ0) is 13.1. The smallest absolute Gasteiger partial charge is 0.123 e. The van der Waals surface area contributed by atoms with E-state index in [0.29, 0.717) is 10.9 Å². The maximum atomic E-state index is 13.2. The largest absolute Gasteiger partial charge is 0.207 e. The van der Waals surface area contributed by atoms with Gasteiger partial charge in [-0.25, -0.2) is 4.39 Å². The molecule has 0 unspecified atom stereocenters. The molecule has 0 N–H and O–H groups in total. The SMILES string of the molecule is CC(C)C(CBr)(CBr)Cc1cc(F)ccc1Cl. The first kappa shape index (κ1) is 15.5. The highest BCUT2D eigenvalue weighted by Gasteiger charge is 2.32. The van der Waals surface area contributed by atoms with Crippen molar-refractivity contribution in [2.45, 2.75) is 20.3 Å². The molecule has 4 heteroatoms. The molecule has 0 aliphatic heterocycles. The zero-order valence-electron chi connectivity index (χ0n) is 9.94. The van der Waals surface area contributed by atoms with Gasteiger partial charge < -0.3 is 0 Å². The van der Waals surface area contributed by atoms with Crippen molar-refractivity contribution in [1.29, 1.82) is 0 Å². The minimum atomic E-state index is -0.230. The summed E-state index contributed by atoms with van der Waals surface area (Å²) in [6.07, 6.45) is 0.762. The first-order valence-corrected chi connectivity index (χ1v) is 8.13. The fourth-order valence-corrected chi connectivity index (χ4v) is 4.51. The van der Waals surface area contributed by atoms with E-state index < -0.39 is 0 Å². The Balaban J connectivity index is 3.05. The van der Waals surface area contributed by atoms with Gasteiger partial charge in [0.2, 0.25) is 0 Å². The highest BCUT2D eigenvalue weighted by atomic mass is 79.9. The Kier molecular flexibility index (Phi) is 5.94. The zero-order valence-corrected chi connectivity index (χ0v) is 13.9. The standard InChI is InChI=1S/C13H16Br2ClF/c1-9(2)13(7-14,8-15)6-10-5-11(17)3-4-12(10)16/h3-5,9H,6-8H2,1-2H3. The molecule has 1 aromatic rings. The molecule has 17 heavy (non-hydrogen) atoms. The average Bonchev–Trinajstić information content (AvgIpc) is 2.30. The van der Waals surface area contributed by atoms with Crippen molar-refractivity contribution in [3.05, 3.63) is 34.6 Å². The lowest BCUT2D eigenvalue weighted by atomic mass is 9.76. The van der Waals surface area contributed by atoms with Crippen molar-refractivity contribution >= 4 is 43.5 Å². The monoisotopic (exact) mass is 384 g/mol. The van der Waals surface area contributed by atoms with Crippen molar-refractivity contribution in [1.82, 2.24) is 0 Å². The molecule has 0 atom stereocenters. The number of benzene rings is 1. The van der Waals surface area contributed by atoms with Gasteiger partial charge in [-0.3, -0.25) is 0 Å². The van der Waals surface area contributed by atoms with Gasteiger partial charge in [0.25, 0.3) is 0 Å². The van der Waals surface area contributed by atoms with Gasteiger partial charge in [-0.05, 0) is 41.5 Å². The van der Waals surface area contributed by atoms with Crippen LogP contribution in [0.2, 0.25) is 5.02 Å². The molecule has 0 saturated heterocycles. The van der Waals surface area contributed by atoms with Crippen LogP contribution in [0, 0.1) is 17.2 Å². The summed E-state index contributed by atoms with van der Waals surface area (Å²) in [4.78, 5) is 0. The third-order valence-electron chi connectivity index (χ3n) is 3.31. The second-order valence-electron chi connectivity index (χ2n) is 4.70. The van der Waals surface area contributed by atoms with Gasteiger partial charge in [-0.2, -0.15) is 0 Å². The second kappa shape index (κ2) is 6.53. The number of rotatable bonds is 5. The van der Waals surface area contributed by atoms with Crippen molar-refractivity contribution in [3.8, 4) is 0 Å². The molecule has 0 nitrogen and oxygen atoms in total. The Bertz CT molecular complexity index is 376. The van der Waals surface area contributed by atoms with Crippen LogP contribution in [0.15, 0.2) is 18.2 Å². The molecule has 0 spiro atoms. The Morgan fingerprint density at radius 3 is 2.35 bits per heavy atom. The minimum absolute atomic E-state index is 0.0530. The summed E-state index contributed by atoms with van der Waals surface area (Å²) in [6.45, 7) is 4.35. The summed E-state index contributed by atoms with van der Waals surface area (Å²) in [6, 6.07) is 4.55. The fourth-order valence-electron chi connectivity index (χ4n) is 1.70. The van der Waals surface area contributed by atoms with E-state index in [2.05, 4.69) is 45.7 Å². The maximum absolute atomic E-state index is 13.2. The lowest BCUT2D eigenvalue weighted by Gasteiger charge is -2.34. The molecule has 1 rings (SSSR count). The van der Waals surface area contributed by atoms with Crippen molar-refractivity contribution in [2.24, 2.45) is 11.3 Å². The van der Waals surface area contributed by atoms with Crippen LogP contribution in [-0.4, -0.2) is 10.7 Å². The van der Waals surface area contributed by atoms with E-state index in [1.807, 2.05) is 0 Å². The molecule has 0 heterocycles. The van der Waals surface area contributed by atoms with Crippen LogP contribution in [0.1, 0.15) is 19.4 Å². The lowest BCUT2D eigenvalue weighted by Crippen LogP contribution is -2.33. The topological polar surface area (TPSA) is 0 Å². The molecular weight excluding hydrogens is 370 g/mol. The molecule has 96 valence electrons. The molecule has 0 amide bonds. The Labute approximate surface area is 124 Å². The molecule has 0 aliphatic carbocycles. The number of hydrogen-bond donors (Lipinski definition) is 0. The third-order valence-corrected chi connectivity index (χ3v) is 5.91. The quantitative estimate of drug-likeness (QED) is 0.590. The van der Waals surface area contributed by atoms with Crippen LogP contribution in [0.4, 0.5) is 4.39 Å². The third kappa shape index (κ3) is 3.68. The van der Waals surface area contributed by atoms with E-state index in [-0.39, 0.29) is 11.2 Å². The highest BCUT2D eigenvalue weighted by molar-refractivity contribution is 9.09. The molecular formula is C13H16Br2ClF. The molecule has 0 saturated carbocycles. The maximum Gasteiger partial charge on any atom is 0.123 e. The first-order valence-electron chi connectivity index (χ1n) is 5.51. The van der Waals surface area contributed by atoms with Crippen LogP contribution < -0.4 is 0 Å². The molecule has 1 aromatic carbocycles. The number of alkyl halides is 2. The summed E-state index contributed by atoms with van der Waals surface area (Å²) in [7, 11) is 0. The second-order valence-corrected chi connectivity index (χ2v) is 6.23. The van der Waals surface area contributed by atoms with Gasteiger partial charge in [0.15, 0.2) is 0 Å². The number of halogens is 4. The van der Waals surface area contributed by atoms with Gasteiger partial charge in [-0.1, -0.05) is 57.3 Å². The predicted molar refractivity (Wildman–Crippen MR) is 80.0 cm³/mol. The fraction of sp³-hybridized carbons (Fsp3) is 0.538. The van der Waals surface area contributed by atoms with E-state index >= 15 is 0 Å². The van der Waals surface area contributed by atoms with E-state index in [1.54, 1.807) is 6.07 Å². The molecule has 0 aromatic heterocycles. The Morgan fingerprint density at radius 1 is 1.29 bits per heavy atom. The van der Waals surface area contributed by atoms with Crippen LogP contribution in [0.5, 0.6) is 0 Å². The van der Waals surface area contributed by atoms with E-state index in [1.165, 1.54) is 12.1 Å². The van der Waals surface area contributed by atoms with Crippen LogP contribution in [-0.2, 0) is 6.42 Å². The molecule has 0 fully saturated rings. The van der Waals surface area contributed by atoms with Gasteiger partial charge in [0, 0.05) is 15.7 Å². The predicted octanol–water partition coefficient (Wildman–Crippen LogP) is 5.45. The first-order chi connectivity index (χ1) is 7.95. The molecule has 0 bridgehead atoms. The van der Waals surface area contributed by atoms with E-state index in [4.69, 9.17) is 11.6 Å². The molecule has 0 aliphatic rings. The lowest BCUT2D eigenvalue weighted by molar-refractivity contribution is 0.267. The summed E-state index contributed by atoms with van der Waals surface area (Å²) < 4.78 is 13.2.